The van der Waals surface area contributed by atoms with E-state index >= 15 is 0 Å². The monoisotopic (exact) mass is 292 g/mol. The molecule has 0 radical (unpaired) electrons. The Morgan fingerprint density at radius 3 is 2.55 bits per heavy atom. The molecule has 0 aromatic heterocycles. The van der Waals surface area contributed by atoms with Crippen LogP contribution in [0.5, 0.6) is 0 Å². The SMILES string of the molecule is CC[Si](CC)(CC)O[C@H]1C2=C(CCC2=O)[C@H]2C=C[C@@H]1O2. The first-order chi connectivity index (χ1) is 9.64. The maximum atomic E-state index is 12.3. The van der Waals surface area contributed by atoms with Gasteiger partial charge in [0.2, 0.25) is 0 Å². The maximum absolute atomic E-state index is 12.3. The number of Topliss-reactive ketones (excluding diaryl/α,β-unsaturated/α-hetero) is 1. The Morgan fingerprint density at radius 1 is 1.20 bits per heavy atom. The van der Waals surface area contributed by atoms with Gasteiger partial charge in [0.05, 0.1) is 6.10 Å². The summed E-state index contributed by atoms with van der Waals surface area (Å²) in [4.78, 5) is 12.3. The van der Waals surface area contributed by atoms with Gasteiger partial charge in [-0.1, -0.05) is 32.9 Å². The van der Waals surface area contributed by atoms with Crippen molar-refractivity contribution in [3.8, 4) is 0 Å². The van der Waals surface area contributed by atoms with Crippen LogP contribution in [0.3, 0.4) is 0 Å². The number of hydrogen-bond acceptors (Lipinski definition) is 3. The molecule has 3 aliphatic rings. The molecular weight excluding hydrogens is 268 g/mol. The van der Waals surface area contributed by atoms with E-state index in [2.05, 4.69) is 32.9 Å². The summed E-state index contributed by atoms with van der Waals surface area (Å²) in [5.74, 6) is 0.290. The summed E-state index contributed by atoms with van der Waals surface area (Å²) in [7, 11) is -1.73. The van der Waals surface area contributed by atoms with Crippen molar-refractivity contribution in [2.24, 2.45) is 0 Å². The average molecular weight is 292 g/mol. The molecule has 3 rings (SSSR count). The van der Waals surface area contributed by atoms with E-state index < -0.39 is 8.32 Å². The second-order valence-electron chi connectivity index (χ2n) is 6.05. The van der Waals surface area contributed by atoms with Crippen LogP contribution in [-0.4, -0.2) is 32.4 Å². The molecule has 0 saturated carbocycles. The first-order valence-corrected chi connectivity index (χ1v) is 10.4. The van der Waals surface area contributed by atoms with E-state index in [-0.39, 0.29) is 18.3 Å². The van der Waals surface area contributed by atoms with Crippen LogP contribution in [0.1, 0.15) is 33.6 Å². The summed E-state index contributed by atoms with van der Waals surface area (Å²) in [6, 6.07) is 3.31. The van der Waals surface area contributed by atoms with Gasteiger partial charge in [0.1, 0.15) is 12.2 Å². The molecule has 0 unspecified atom stereocenters. The summed E-state index contributed by atoms with van der Waals surface area (Å²) >= 11 is 0. The molecule has 110 valence electrons. The number of carbonyl (C=O) groups is 1. The van der Waals surface area contributed by atoms with Crippen molar-refractivity contribution in [2.75, 3.05) is 0 Å². The van der Waals surface area contributed by atoms with Crippen LogP contribution in [0.15, 0.2) is 23.3 Å². The molecular formula is C16H24O3Si. The lowest BCUT2D eigenvalue weighted by Crippen LogP contribution is -2.47. The van der Waals surface area contributed by atoms with Crippen molar-refractivity contribution in [1.82, 2.24) is 0 Å². The van der Waals surface area contributed by atoms with Gasteiger partial charge in [0, 0.05) is 12.0 Å². The van der Waals surface area contributed by atoms with Gasteiger partial charge in [0.25, 0.3) is 0 Å². The highest BCUT2D eigenvalue weighted by Crippen LogP contribution is 2.42. The van der Waals surface area contributed by atoms with Gasteiger partial charge in [-0.3, -0.25) is 4.79 Å². The van der Waals surface area contributed by atoms with Gasteiger partial charge in [-0.15, -0.1) is 0 Å². The summed E-state index contributed by atoms with van der Waals surface area (Å²) < 4.78 is 12.7. The Kier molecular flexibility index (Phi) is 3.73. The van der Waals surface area contributed by atoms with Crippen molar-refractivity contribution < 1.29 is 14.0 Å². The molecule has 3 nitrogen and oxygen atoms in total. The third-order valence-corrected chi connectivity index (χ3v) is 9.90. The molecule has 3 atom stereocenters. The number of hydrogen-bond donors (Lipinski definition) is 0. The number of ether oxygens (including phenoxy) is 1. The predicted octanol–water partition coefficient (Wildman–Crippen LogP) is 3.37. The smallest absolute Gasteiger partial charge is 0.193 e. The normalized spacial score (nSPS) is 32.1. The maximum Gasteiger partial charge on any atom is 0.193 e. The van der Waals surface area contributed by atoms with Crippen molar-refractivity contribution in [3.05, 3.63) is 23.3 Å². The Labute approximate surface area is 122 Å². The first kappa shape index (κ1) is 14.2. The second-order valence-corrected chi connectivity index (χ2v) is 10.8. The number of rotatable bonds is 5. The van der Waals surface area contributed by atoms with E-state index in [1.807, 2.05) is 0 Å². The lowest BCUT2D eigenvalue weighted by molar-refractivity contribution is -0.116. The molecule has 0 amide bonds. The fourth-order valence-corrected chi connectivity index (χ4v) is 6.52. The molecule has 2 aliphatic heterocycles. The molecule has 4 heteroatoms. The number of fused-ring (bicyclic) bond motifs is 3. The average Bonchev–Trinajstić information content (AvgIpc) is 3.06. The fraction of sp³-hybridized carbons (Fsp3) is 0.688. The Hall–Kier alpha value is -0.713. The van der Waals surface area contributed by atoms with Gasteiger partial charge in [-0.2, -0.15) is 0 Å². The molecule has 20 heavy (non-hydrogen) atoms. The predicted molar refractivity (Wildman–Crippen MR) is 81.1 cm³/mol. The molecule has 0 fully saturated rings. The van der Waals surface area contributed by atoms with Crippen LogP contribution in [0.4, 0.5) is 0 Å². The first-order valence-electron chi connectivity index (χ1n) is 7.92. The van der Waals surface area contributed by atoms with E-state index in [1.165, 1.54) is 5.57 Å². The molecule has 2 heterocycles. The third-order valence-electron chi connectivity index (χ3n) is 5.28. The van der Waals surface area contributed by atoms with Crippen molar-refractivity contribution in [2.45, 2.75) is 70.1 Å². The minimum absolute atomic E-state index is 0.0437. The zero-order valence-electron chi connectivity index (χ0n) is 12.6. The van der Waals surface area contributed by atoms with Crippen molar-refractivity contribution in [3.63, 3.8) is 0 Å². The molecule has 2 bridgehead atoms. The highest BCUT2D eigenvalue weighted by atomic mass is 28.4. The largest absolute Gasteiger partial charge is 0.407 e. The van der Waals surface area contributed by atoms with Gasteiger partial charge >= 0.3 is 0 Å². The Bertz CT molecular complexity index is 468. The van der Waals surface area contributed by atoms with Gasteiger partial charge < -0.3 is 9.16 Å². The summed E-state index contributed by atoms with van der Waals surface area (Å²) in [5.41, 5.74) is 2.15. The molecule has 0 spiro atoms. The lowest BCUT2D eigenvalue weighted by Gasteiger charge is -2.38. The number of carbonyl (C=O) groups excluding carboxylic acids is 1. The van der Waals surface area contributed by atoms with Gasteiger partial charge in [-0.25, -0.2) is 0 Å². The standard InChI is InChI=1S/C16H24O3Si/c1-4-20(5-2,6-3)19-16-14-10-9-13(18-14)11-7-8-12(17)15(11)16/h9-10,13-14,16H,4-8H2,1-3H3/t13-,14+,16-/m1/s1. The molecule has 0 N–H and O–H groups in total. The molecule has 0 saturated heterocycles. The molecule has 1 aliphatic carbocycles. The van der Waals surface area contributed by atoms with Crippen molar-refractivity contribution in [1.29, 1.82) is 0 Å². The van der Waals surface area contributed by atoms with Crippen molar-refractivity contribution >= 4 is 14.1 Å². The Morgan fingerprint density at radius 2 is 1.90 bits per heavy atom. The molecule has 0 aromatic rings. The Balaban J connectivity index is 1.93. The van der Waals surface area contributed by atoms with E-state index in [4.69, 9.17) is 9.16 Å². The minimum Gasteiger partial charge on any atom is -0.407 e. The summed E-state index contributed by atoms with van der Waals surface area (Å²) in [6.07, 6.45) is 5.57. The quantitative estimate of drug-likeness (QED) is 0.575. The third kappa shape index (κ3) is 2.05. The van der Waals surface area contributed by atoms with Crippen LogP contribution in [0.2, 0.25) is 18.1 Å². The van der Waals surface area contributed by atoms with Gasteiger partial charge in [-0.05, 0) is 30.1 Å². The van der Waals surface area contributed by atoms with E-state index in [9.17, 15) is 4.79 Å². The zero-order chi connectivity index (χ0) is 14.3. The van der Waals surface area contributed by atoms with Crippen LogP contribution in [0, 0.1) is 0 Å². The van der Waals surface area contributed by atoms with Gasteiger partial charge in [0.15, 0.2) is 14.1 Å². The van der Waals surface area contributed by atoms with Crippen LogP contribution in [-0.2, 0) is 14.0 Å². The fourth-order valence-electron chi connectivity index (χ4n) is 3.73. The number of ketones is 1. The summed E-state index contributed by atoms with van der Waals surface area (Å²) in [6.45, 7) is 6.67. The topological polar surface area (TPSA) is 35.5 Å². The summed E-state index contributed by atoms with van der Waals surface area (Å²) in [5, 5.41) is 0. The zero-order valence-corrected chi connectivity index (χ0v) is 13.6. The van der Waals surface area contributed by atoms with E-state index in [1.54, 1.807) is 0 Å². The minimum atomic E-state index is -1.73. The highest BCUT2D eigenvalue weighted by Gasteiger charge is 2.47. The van der Waals surface area contributed by atoms with Crippen LogP contribution >= 0.6 is 0 Å². The van der Waals surface area contributed by atoms with E-state index in [0.717, 1.165) is 30.1 Å². The lowest BCUT2D eigenvalue weighted by atomic mass is 9.98. The molecule has 0 aromatic carbocycles. The van der Waals surface area contributed by atoms with Crippen LogP contribution < -0.4 is 0 Å². The van der Waals surface area contributed by atoms with Crippen LogP contribution in [0.25, 0.3) is 0 Å². The van der Waals surface area contributed by atoms with E-state index in [0.29, 0.717) is 12.2 Å². The second kappa shape index (κ2) is 5.24. The highest BCUT2D eigenvalue weighted by molar-refractivity contribution is 6.73.